The molecule has 0 radical (unpaired) electrons. The lowest BCUT2D eigenvalue weighted by atomic mass is 9.84. The van der Waals surface area contributed by atoms with Crippen LogP contribution in [-0.2, 0) is 0 Å². The standard InChI is InChI=1S/C35H17N3O2S6/c39-31-18-8-7-15-25(44-33-36-19-9-1-4-12-22(19)41-33)28(18)32(40)30-27(46-35-38-21-11-3-6-14-24(21)43-35)17-16-26(29(30)31)45-34-37-20-10-2-5-13-23(20)42-34/h1-17H. The highest BCUT2D eigenvalue weighted by atomic mass is 32.2. The van der Waals surface area contributed by atoms with Crippen molar-refractivity contribution in [3.05, 3.63) is 125 Å². The van der Waals surface area contributed by atoms with Gasteiger partial charge in [-0.15, -0.1) is 34.0 Å². The maximum Gasteiger partial charge on any atom is 0.196 e. The molecule has 0 unspecified atom stereocenters. The SMILES string of the molecule is O=C1c2cccc(Sc3nc4ccccc4s3)c2C(=O)c2c(Sc3nc4ccccc4s3)ccc(Sc3nc4ccccc4s3)c21. The fourth-order valence-corrected chi connectivity index (χ4v) is 12.0. The predicted octanol–water partition coefficient (Wildman–Crippen LogP) is 10.7. The fraction of sp³-hybridized carbons (Fsp3) is 0. The number of hydrogen-bond acceptors (Lipinski definition) is 11. The van der Waals surface area contributed by atoms with E-state index >= 15 is 0 Å². The van der Waals surface area contributed by atoms with Crippen LogP contribution >= 0.6 is 69.3 Å². The van der Waals surface area contributed by atoms with Crippen molar-refractivity contribution in [2.75, 3.05) is 0 Å². The zero-order chi connectivity index (χ0) is 30.8. The fourth-order valence-electron chi connectivity index (χ4n) is 5.45. The van der Waals surface area contributed by atoms with Gasteiger partial charge in [0.15, 0.2) is 24.6 Å². The molecule has 9 rings (SSSR count). The van der Waals surface area contributed by atoms with Crippen LogP contribution in [0.1, 0.15) is 31.8 Å². The molecule has 0 amide bonds. The first-order chi connectivity index (χ1) is 22.6. The van der Waals surface area contributed by atoms with E-state index in [4.69, 9.17) is 15.0 Å². The summed E-state index contributed by atoms with van der Waals surface area (Å²) >= 11 is 9.04. The Hall–Kier alpha value is -3.84. The number of thiazole rings is 3. The summed E-state index contributed by atoms with van der Waals surface area (Å²) < 4.78 is 5.69. The lowest BCUT2D eigenvalue weighted by Gasteiger charge is -2.23. The van der Waals surface area contributed by atoms with Crippen LogP contribution in [0.4, 0.5) is 0 Å². The second-order valence-corrected chi connectivity index (χ2v) is 17.3. The maximum atomic E-state index is 14.7. The zero-order valence-corrected chi connectivity index (χ0v) is 28.3. The second-order valence-electron chi connectivity index (χ2n) is 10.3. The molecule has 5 aromatic carbocycles. The van der Waals surface area contributed by atoms with Crippen molar-refractivity contribution in [1.29, 1.82) is 0 Å². The Kier molecular flexibility index (Phi) is 7.06. The molecule has 5 nitrogen and oxygen atoms in total. The summed E-state index contributed by atoms with van der Waals surface area (Å²) in [7, 11) is 0. The Bertz CT molecular complexity index is 2430. The quantitative estimate of drug-likeness (QED) is 0.169. The molecule has 0 bridgehead atoms. The third kappa shape index (κ3) is 4.90. The van der Waals surface area contributed by atoms with Crippen molar-refractivity contribution in [3.63, 3.8) is 0 Å². The van der Waals surface area contributed by atoms with Crippen LogP contribution in [0.2, 0.25) is 0 Å². The average molecular weight is 704 g/mol. The summed E-state index contributed by atoms with van der Waals surface area (Å²) in [5.41, 5.74) is 4.43. The molecule has 46 heavy (non-hydrogen) atoms. The number of fused-ring (bicyclic) bond motifs is 5. The minimum atomic E-state index is -0.163. The van der Waals surface area contributed by atoms with Gasteiger partial charge in [0.05, 0.1) is 30.6 Å². The lowest BCUT2D eigenvalue weighted by Crippen LogP contribution is -2.23. The minimum absolute atomic E-state index is 0.160. The van der Waals surface area contributed by atoms with Crippen LogP contribution in [0.15, 0.2) is 131 Å². The zero-order valence-electron chi connectivity index (χ0n) is 23.4. The van der Waals surface area contributed by atoms with Gasteiger partial charge in [-0.1, -0.05) is 83.8 Å². The van der Waals surface area contributed by atoms with E-state index in [-0.39, 0.29) is 11.6 Å². The monoisotopic (exact) mass is 703 g/mol. The van der Waals surface area contributed by atoms with Crippen LogP contribution in [0.5, 0.6) is 0 Å². The highest BCUT2D eigenvalue weighted by molar-refractivity contribution is 8.02. The average Bonchev–Trinajstić information content (AvgIpc) is 3.79. The molecule has 0 atom stereocenters. The molecule has 3 heterocycles. The van der Waals surface area contributed by atoms with Gasteiger partial charge in [-0.3, -0.25) is 9.59 Å². The van der Waals surface area contributed by atoms with E-state index in [0.717, 1.165) is 53.5 Å². The number of carbonyl (C=O) groups excluding carboxylic acids is 2. The molecule has 8 aromatic rings. The second kappa shape index (κ2) is 11.4. The molecule has 0 N–H and O–H groups in total. The first-order valence-electron chi connectivity index (χ1n) is 14.1. The summed E-state index contributed by atoms with van der Waals surface area (Å²) in [5.74, 6) is -0.323. The number of hydrogen-bond donors (Lipinski definition) is 0. The number of nitrogens with zero attached hydrogens (tertiary/aromatic N) is 3. The Morgan fingerprint density at radius 2 is 0.826 bits per heavy atom. The van der Waals surface area contributed by atoms with E-state index in [9.17, 15) is 9.59 Å². The van der Waals surface area contributed by atoms with E-state index in [1.165, 1.54) is 35.3 Å². The third-order valence-electron chi connectivity index (χ3n) is 7.50. The molecule has 1 aliphatic carbocycles. The van der Waals surface area contributed by atoms with Gasteiger partial charge in [-0.05, 0) is 54.6 Å². The highest BCUT2D eigenvalue weighted by Crippen LogP contribution is 2.47. The summed E-state index contributed by atoms with van der Waals surface area (Å²) in [6.07, 6.45) is 0. The lowest BCUT2D eigenvalue weighted by molar-refractivity contribution is 0.0972. The Balaban J connectivity index is 1.18. The smallest absolute Gasteiger partial charge is 0.196 e. The number of para-hydroxylation sites is 3. The Labute approximate surface area is 287 Å². The molecule has 0 spiro atoms. The van der Waals surface area contributed by atoms with E-state index in [1.54, 1.807) is 40.1 Å². The van der Waals surface area contributed by atoms with Gasteiger partial charge < -0.3 is 0 Å². The normalized spacial score (nSPS) is 12.7. The third-order valence-corrected chi connectivity index (χ3v) is 14.0. The van der Waals surface area contributed by atoms with E-state index < -0.39 is 0 Å². The van der Waals surface area contributed by atoms with Crippen molar-refractivity contribution < 1.29 is 9.59 Å². The number of ketones is 2. The Morgan fingerprint density at radius 3 is 1.28 bits per heavy atom. The van der Waals surface area contributed by atoms with Gasteiger partial charge in [0.1, 0.15) is 0 Å². The minimum Gasteiger partial charge on any atom is -0.289 e. The number of benzene rings is 5. The topological polar surface area (TPSA) is 72.8 Å². The van der Waals surface area contributed by atoms with Gasteiger partial charge in [0.25, 0.3) is 0 Å². The van der Waals surface area contributed by atoms with Gasteiger partial charge in [-0.25, -0.2) is 15.0 Å². The van der Waals surface area contributed by atoms with Gasteiger partial charge in [-0.2, -0.15) is 0 Å². The molecule has 1 aliphatic rings. The number of carbonyl (C=O) groups is 2. The van der Waals surface area contributed by atoms with Crippen molar-refractivity contribution in [2.45, 2.75) is 27.7 Å². The summed E-state index contributed by atoms with van der Waals surface area (Å²) in [5, 5.41) is 0. The molecule has 0 fully saturated rings. The van der Waals surface area contributed by atoms with Crippen molar-refractivity contribution in [2.24, 2.45) is 0 Å². The van der Waals surface area contributed by atoms with Crippen molar-refractivity contribution in [3.8, 4) is 0 Å². The van der Waals surface area contributed by atoms with Crippen LogP contribution in [0, 0.1) is 0 Å². The molecular formula is C35H17N3O2S6. The summed E-state index contributed by atoms with van der Waals surface area (Å²) in [6.45, 7) is 0. The highest BCUT2D eigenvalue weighted by Gasteiger charge is 2.36. The Morgan fingerprint density at radius 1 is 0.413 bits per heavy atom. The molecule has 0 aliphatic heterocycles. The summed E-state index contributed by atoms with van der Waals surface area (Å²) in [4.78, 5) is 45.8. The molecular weight excluding hydrogens is 687 g/mol. The van der Waals surface area contributed by atoms with Crippen LogP contribution in [-0.4, -0.2) is 26.5 Å². The molecule has 0 saturated heterocycles. The molecule has 3 aromatic heterocycles. The van der Waals surface area contributed by atoms with E-state index in [2.05, 4.69) is 0 Å². The first kappa shape index (κ1) is 28.4. The first-order valence-corrected chi connectivity index (χ1v) is 19.0. The van der Waals surface area contributed by atoms with Crippen LogP contribution in [0.25, 0.3) is 30.6 Å². The van der Waals surface area contributed by atoms with Crippen molar-refractivity contribution in [1.82, 2.24) is 15.0 Å². The maximum absolute atomic E-state index is 14.7. The van der Waals surface area contributed by atoms with Gasteiger partial charge in [0.2, 0.25) is 0 Å². The predicted molar refractivity (Wildman–Crippen MR) is 191 cm³/mol. The van der Waals surface area contributed by atoms with Gasteiger partial charge >= 0.3 is 0 Å². The van der Waals surface area contributed by atoms with Crippen molar-refractivity contribution >= 4 is 112 Å². The molecule has 0 saturated carbocycles. The van der Waals surface area contributed by atoms with E-state index in [0.29, 0.717) is 27.1 Å². The largest absolute Gasteiger partial charge is 0.289 e. The molecule has 11 heteroatoms. The van der Waals surface area contributed by atoms with Gasteiger partial charge in [0, 0.05) is 36.9 Å². The van der Waals surface area contributed by atoms with Crippen LogP contribution in [0.3, 0.4) is 0 Å². The van der Waals surface area contributed by atoms with Crippen LogP contribution < -0.4 is 0 Å². The number of aromatic nitrogens is 3. The van der Waals surface area contributed by atoms with E-state index in [1.807, 2.05) is 97.1 Å². The molecule has 220 valence electrons. The summed E-state index contributed by atoms with van der Waals surface area (Å²) in [6, 6.07) is 33.4. The number of rotatable bonds is 6.